The molecular formula is C13H21N3O. The summed E-state index contributed by atoms with van der Waals surface area (Å²) in [7, 11) is 1.94. The van der Waals surface area contributed by atoms with E-state index in [1.165, 1.54) is 0 Å². The number of aromatic nitrogens is 1. The number of aryl methyl sites for hydroxylation is 1. The fourth-order valence-corrected chi connectivity index (χ4v) is 2.36. The molecule has 2 heterocycles. The predicted octanol–water partition coefficient (Wildman–Crippen LogP) is 1.14. The van der Waals surface area contributed by atoms with E-state index >= 15 is 0 Å². The SMILES string of the molecule is Cc1ccc(C(=O)N2CCC(CN)CC2)n1C. The molecule has 2 N–H and O–H groups in total. The summed E-state index contributed by atoms with van der Waals surface area (Å²) in [5.41, 5.74) is 7.56. The van der Waals surface area contributed by atoms with Crippen LogP contribution in [0.25, 0.3) is 0 Å². The van der Waals surface area contributed by atoms with E-state index in [4.69, 9.17) is 5.73 Å². The first-order valence-electron chi connectivity index (χ1n) is 6.25. The smallest absolute Gasteiger partial charge is 0.270 e. The van der Waals surface area contributed by atoms with E-state index in [1.807, 2.05) is 35.6 Å². The highest BCUT2D eigenvalue weighted by Gasteiger charge is 2.24. The second-order valence-corrected chi connectivity index (χ2v) is 4.89. The van der Waals surface area contributed by atoms with Crippen LogP contribution in [0.5, 0.6) is 0 Å². The number of nitrogens with zero attached hydrogens (tertiary/aromatic N) is 2. The lowest BCUT2D eigenvalue weighted by Gasteiger charge is -2.31. The van der Waals surface area contributed by atoms with Gasteiger partial charge in [-0.15, -0.1) is 0 Å². The van der Waals surface area contributed by atoms with Gasteiger partial charge in [-0.3, -0.25) is 4.79 Å². The Labute approximate surface area is 102 Å². The normalized spacial score (nSPS) is 17.5. The van der Waals surface area contributed by atoms with Crippen molar-refractivity contribution in [1.29, 1.82) is 0 Å². The molecule has 1 aliphatic rings. The summed E-state index contributed by atoms with van der Waals surface area (Å²) < 4.78 is 1.96. The molecular weight excluding hydrogens is 214 g/mol. The molecule has 1 aliphatic heterocycles. The third-order valence-electron chi connectivity index (χ3n) is 3.83. The van der Waals surface area contributed by atoms with Gasteiger partial charge in [-0.1, -0.05) is 0 Å². The van der Waals surface area contributed by atoms with Crippen LogP contribution < -0.4 is 5.73 Å². The third kappa shape index (κ3) is 2.36. The summed E-state index contributed by atoms with van der Waals surface area (Å²) >= 11 is 0. The van der Waals surface area contributed by atoms with E-state index in [2.05, 4.69) is 0 Å². The highest BCUT2D eigenvalue weighted by molar-refractivity contribution is 5.93. The molecule has 1 amide bonds. The van der Waals surface area contributed by atoms with Crippen molar-refractivity contribution in [2.24, 2.45) is 18.7 Å². The summed E-state index contributed by atoms with van der Waals surface area (Å²) in [5.74, 6) is 0.741. The highest BCUT2D eigenvalue weighted by atomic mass is 16.2. The highest BCUT2D eigenvalue weighted by Crippen LogP contribution is 2.18. The molecule has 0 atom stereocenters. The molecule has 1 saturated heterocycles. The van der Waals surface area contributed by atoms with Crippen molar-refractivity contribution < 1.29 is 4.79 Å². The molecule has 0 aliphatic carbocycles. The quantitative estimate of drug-likeness (QED) is 0.836. The van der Waals surface area contributed by atoms with E-state index in [0.29, 0.717) is 5.92 Å². The van der Waals surface area contributed by atoms with Crippen LogP contribution in [0, 0.1) is 12.8 Å². The zero-order chi connectivity index (χ0) is 12.4. The maximum Gasteiger partial charge on any atom is 0.270 e. The Balaban J connectivity index is 2.04. The maximum absolute atomic E-state index is 12.3. The minimum absolute atomic E-state index is 0.149. The van der Waals surface area contributed by atoms with Crippen molar-refractivity contribution in [2.45, 2.75) is 19.8 Å². The second kappa shape index (κ2) is 4.92. The molecule has 4 nitrogen and oxygen atoms in total. The van der Waals surface area contributed by atoms with E-state index in [1.54, 1.807) is 0 Å². The monoisotopic (exact) mass is 235 g/mol. The molecule has 0 saturated carbocycles. The fraction of sp³-hybridized carbons (Fsp3) is 0.615. The summed E-state index contributed by atoms with van der Waals surface area (Å²) in [6.45, 7) is 4.43. The molecule has 0 aromatic carbocycles. The largest absolute Gasteiger partial charge is 0.344 e. The van der Waals surface area contributed by atoms with Gasteiger partial charge in [0.15, 0.2) is 0 Å². The summed E-state index contributed by atoms with van der Waals surface area (Å²) in [5, 5.41) is 0. The van der Waals surface area contributed by atoms with E-state index in [0.717, 1.165) is 43.9 Å². The Morgan fingerprint density at radius 3 is 2.53 bits per heavy atom. The average Bonchev–Trinajstić information content (AvgIpc) is 2.69. The maximum atomic E-state index is 12.3. The van der Waals surface area contributed by atoms with Crippen LogP contribution in [-0.4, -0.2) is 35.0 Å². The molecule has 4 heteroatoms. The Hall–Kier alpha value is -1.29. The van der Waals surface area contributed by atoms with E-state index in [-0.39, 0.29) is 5.91 Å². The van der Waals surface area contributed by atoms with Crippen molar-refractivity contribution in [3.05, 3.63) is 23.5 Å². The molecule has 1 aromatic heterocycles. The third-order valence-corrected chi connectivity index (χ3v) is 3.83. The Bertz CT molecular complexity index is 403. The van der Waals surface area contributed by atoms with Crippen LogP contribution in [0.2, 0.25) is 0 Å². The number of carbonyl (C=O) groups is 1. The average molecular weight is 235 g/mol. The van der Waals surface area contributed by atoms with Gasteiger partial charge in [-0.05, 0) is 44.4 Å². The van der Waals surface area contributed by atoms with Crippen molar-refractivity contribution in [3.63, 3.8) is 0 Å². The number of amides is 1. The van der Waals surface area contributed by atoms with Crippen LogP contribution in [0.3, 0.4) is 0 Å². The van der Waals surface area contributed by atoms with Crippen LogP contribution in [0.15, 0.2) is 12.1 Å². The Morgan fingerprint density at radius 2 is 2.06 bits per heavy atom. The lowest BCUT2D eigenvalue weighted by molar-refractivity contribution is 0.0683. The minimum Gasteiger partial charge on any atom is -0.344 e. The first-order valence-corrected chi connectivity index (χ1v) is 6.25. The number of likely N-dealkylation sites (tertiary alicyclic amines) is 1. The predicted molar refractivity (Wildman–Crippen MR) is 67.8 cm³/mol. The molecule has 0 radical (unpaired) electrons. The number of carbonyl (C=O) groups excluding carboxylic acids is 1. The van der Waals surface area contributed by atoms with Crippen LogP contribution in [0.1, 0.15) is 29.0 Å². The lowest BCUT2D eigenvalue weighted by Crippen LogP contribution is -2.40. The van der Waals surface area contributed by atoms with Crippen LogP contribution in [-0.2, 0) is 7.05 Å². The first-order chi connectivity index (χ1) is 8.13. The number of hydrogen-bond donors (Lipinski definition) is 1. The second-order valence-electron chi connectivity index (χ2n) is 4.89. The molecule has 0 spiro atoms. The number of nitrogens with two attached hydrogens (primary N) is 1. The fourth-order valence-electron chi connectivity index (χ4n) is 2.36. The first kappa shape index (κ1) is 12.2. The number of hydrogen-bond acceptors (Lipinski definition) is 2. The van der Waals surface area contributed by atoms with Crippen molar-refractivity contribution >= 4 is 5.91 Å². The molecule has 0 bridgehead atoms. The molecule has 94 valence electrons. The molecule has 1 aromatic rings. The van der Waals surface area contributed by atoms with Gasteiger partial charge in [0, 0.05) is 25.8 Å². The summed E-state index contributed by atoms with van der Waals surface area (Å²) in [6, 6.07) is 3.90. The van der Waals surface area contributed by atoms with Gasteiger partial charge in [0.05, 0.1) is 0 Å². The number of piperidine rings is 1. The summed E-state index contributed by atoms with van der Waals surface area (Å²) in [4.78, 5) is 14.2. The van der Waals surface area contributed by atoms with Gasteiger partial charge < -0.3 is 15.2 Å². The van der Waals surface area contributed by atoms with Crippen LogP contribution >= 0.6 is 0 Å². The minimum atomic E-state index is 0.149. The van der Waals surface area contributed by atoms with Gasteiger partial charge in [0.25, 0.3) is 5.91 Å². The van der Waals surface area contributed by atoms with Crippen LogP contribution in [0.4, 0.5) is 0 Å². The van der Waals surface area contributed by atoms with Gasteiger partial charge >= 0.3 is 0 Å². The van der Waals surface area contributed by atoms with Crippen molar-refractivity contribution in [3.8, 4) is 0 Å². The van der Waals surface area contributed by atoms with Crippen molar-refractivity contribution in [2.75, 3.05) is 19.6 Å². The van der Waals surface area contributed by atoms with Gasteiger partial charge in [0.2, 0.25) is 0 Å². The molecule has 17 heavy (non-hydrogen) atoms. The standard InChI is InChI=1S/C13H21N3O/c1-10-3-4-12(15(10)2)13(17)16-7-5-11(9-14)6-8-16/h3-4,11H,5-9,14H2,1-2H3. The topological polar surface area (TPSA) is 51.3 Å². The Morgan fingerprint density at radius 1 is 1.41 bits per heavy atom. The summed E-state index contributed by atoms with van der Waals surface area (Å²) in [6.07, 6.45) is 2.07. The molecule has 0 unspecified atom stereocenters. The number of rotatable bonds is 2. The lowest BCUT2D eigenvalue weighted by atomic mass is 9.97. The zero-order valence-corrected chi connectivity index (χ0v) is 10.6. The van der Waals surface area contributed by atoms with Gasteiger partial charge in [-0.2, -0.15) is 0 Å². The zero-order valence-electron chi connectivity index (χ0n) is 10.6. The molecule has 1 fully saturated rings. The van der Waals surface area contributed by atoms with E-state index < -0.39 is 0 Å². The molecule has 2 rings (SSSR count). The van der Waals surface area contributed by atoms with Gasteiger partial charge in [-0.25, -0.2) is 0 Å². The van der Waals surface area contributed by atoms with Crippen molar-refractivity contribution in [1.82, 2.24) is 9.47 Å². The van der Waals surface area contributed by atoms with Gasteiger partial charge in [0.1, 0.15) is 5.69 Å². The Kier molecular flexibility index (Phi) is 3.52. The van der Waals surface area contributed by atoms with E-state index in [9.17, 15) is 4.79 Å².